The molecule has 0 aromatic carbocycles. The Bertz CT molecular complexity index is 1060. The Morgan fingerprint density at radius 3 is 2.59 bits per heavy atom. The number of hydrogen-bond donors (Lipinski definition) is 0. The van der Waals surface area contributed by atoms with Gasteiger partial charge in [0.25, 0.3) is 5.56 Å². The lowest BCUT2D eigenvalue weighted by molar-refractivity contribution is 0.298. The molecule has 144 valence electrons. The van der Waals surface area contributed by atoms with Gasteiger partial charge in [-0.3, -0.25) is 4.79 Å². The van der Waals surface area contributed by atoms with Crippen LogP contribution in [0.4, 0.5) is 0 Å². The van der Waals surface area contributed by atoms with Crippen molar-refractivity contribution in [1.29, 1.82) is 0 Å². The van der Waals surface area contributed by atoms with Gasteiger partial charge in [-0.1, -0.05) is 0 Å². The van der Waals surface area contributed by atoms with Crippen LogP contribution in [0, 0.1) is 5.92 Å². The lowest BCUT2D eigenvalue weighted by Gasteiger charge is -2.21. The van der Waals surface area contributed by atoms with E-state index in [0.717, 1.165) is 61.5 Å². The van der Waals surface area contributed by atoms with Crippen LogP contribution in [0.3, 0.4) is 0 Å². The molecule has 4 rings (SSSR count). The van der Waals surface area contributed by atoms with Crippen LogP contribution in [0.25, 0.3) is 11.3 Å². The van der Waals surface area contributed by atoms with Gasteiger partial charge < -0.3 is 9.30 Å². The average Bonchev–Trinajstić information content (AvgIpc) is 3.47. The monoisotopic (exact) mass is 389 g/mol. The molecule has 0 N–H and O–H groups in total. The molecule has 2 heterocycles. The van der Waals surface area contributed by atoms with Crippen molar-refractivity contribution in [1.82, 2.24) is 14.5 Å². The summed E-state index contributed by atoms with van der Waals surface area (Å²) in [6.07, 6.45) is 10.1. The van der Waals surface area contributed by atoms with E-state index < -0.39 is 9.84 Å². The van der Waals surface area contributed by atoms with Crippen molar-refractivity contribution in [3.8, 4) is 17.0 Å². The van der Waals surface area contributed by atoms with Gasteiger partial charge in [0.15, 0.2) is 5.75 Å². The van der Waals surface area contributed by atoms with E-state index in [1.54, 1.807) is 17.8 Å². The maximum absolute atomic E-state index is 12.5. The fourth-order valence-corrected chi connectivity index (χ4v) is 4.01. The predicted molar refractivity (Wildman–Crippen MR) is 101 cm³/mol. The van der Waals surface area contributed by atoms with Gasteiger partial charge in [-0.25, -0.2) is 18.4 Å². The predicted octanol–water partition coefficient (Wildman–Crippen LogP) is 1.91. The first kappa shape index (κ1) is 18.2. The minimum atomic E-state index is -3.55. The number of aromatic nitrogens is 3. The van der Waals surface area contributed by atoms with E-state index in [9.17, 15) is 13.2 Å². The molecule has 8 heteroatoms. The maximum atomic E-state index is 12.5. The van der Waals surface area contributed by atoms with Crippen molar-refractivity contribution in [3.05, 3.63) is 33.9 Å². The molecule has 2 aromatic heterocycles. The van der Waals surface area contributed by atoms with E-state index in [4.69, 9.17) is 4.74 Å². The van der Waals surface area contributed by atoms with Crippen molar-refractivity contribution in [3.63, 3.8) is 0 Å². The molecular formula is C19H23N3O4S. The van der Waals surface area contributed by atoms with Crippen LogP contribution < -0.4 is 10.3 Å². The van der Waals surface area contributed by atoms with E-state index in [1.165, 1.54) is 6.20 Å². The first-order valence-corrected chi connectivity index (χ1v) is 11.2. The number of sulfone groups is 1. The average molecular weight is 389 g/mol. The van der Waals surface area contributed by atoms with Gasteiger partial charge >= 0.3 is 0 Å². The van der Waals surface area contributed by atoms with Crippen LogP contribution in [0.1, 0.15) is 36.8 Å². The Morgan fingerprint density at radius 2 is 1.93 bits per heavy atom. The second-order valence-corrected chi connectivity index (χ2v) is 9.42. The van der Waals surface area contributed by atoms with E-state index in [1.807, 2.05) is 0 Å². The van der Waals surface area contributed by atoms with Crippen LogP contribution in [0.5, 0.6) is 5.75 Å². The molecule has 1 saturated carbocycles. The number of hydrogen-bond acceptors (Lipinski definition) is 6. The van der Waals surface area contributed by atoms with Crippen molar-refractivity contribution in [2.75, 3.05) is 12.9 Å². The number of fused-ring (bicyclic) bond motifs is 1. The van der Waals surface area contributed by atoms with Gasteiger partial charge in [-0.2, -0.15) is 0 Å². The molecule has 0 spiro atoms. The first-order chi connectivity index (χ1) is 12.8. The second-order valence-electron chi connectivity index (χ2n) is 7.52. The molecule has 0 radical (unpaired) electrons. The van der Waals surface area contributed by atoms with Gasteiger partial charge in [0, 0.05) is 30.6 Å². The van der Waals surface area contributed by atoms with Gasteiger partial charge in [-0.05, 0) is 50.0 Å². The summed E-state index contributed by atoms with van der Waals surface area (Å²) in [6, 6.07) is 0. The van der Waals surface area contributed by atoms with Crippen LogP contribution in [0.2, 0.25) is 0 Å². The molecule has 0 unspecified atom stereocenters. The molecular weight excluding hydrogens is 366 g/mol. The fraction of sp³-hybridized carbons (Fsp3) is 0.526. The van der Waals surface area contributed by atoms with E-state index in [-0.39, 0.29) is 10.7 Å². The fourth-order valence-electron chi connectivity index (χ4n) is 3.51. The first-order valence-electron chi connectivity index (χ1n) is 9.26. The Balaban J connectivity index is 1.90. The van der Waals surface area contributed by atoms with E-state index in [0.29, 0.717) is 24.0 Å². The summed E-state index contributed by atoms with van der Waals surface area (Å²) < 4.78 is 31.5. The normalized spacial score (nSPS) is 16.8. The largest absolute Gasteiger partial charge is 0.489 e. The third-order valence-corrected chi connectivity index (χ3v) is 6.05. The Morgan fingerprint density at radius 1 is 1.22 bits per heavy atom. The highest BCUT2D eigenvalue weighted by molar-refractivity contribution is 7.90. The molecule has 0 saturated heterocycles. The van der Waals surface area contributed by atoms with Gasteiger partial charge in [-0.15, -0.1) is 0 Å². The number of pyridine rings is 1. The van der Waals surface area contributed by atoms with Gasteiger partial charge in [0.2, 0.25) is 15.0 Å². The van der Waals surface area contributed by atoms with Crippen molar-refractivity contribution >= 4 is 9.84 Å². The summed E-state index contributed by atoms with van der Waals surface area (Å²) in [5, 5.41) is -0.227. The zero-order valence-corrected chi connectivity index (χ0v) is 16.4. The molecule has 27 heavy (non-hydrogen) atoms. The Labute approximate surface area is 158 Å². The molecule has 0 atom stereocenters. The zero-order valence-electron chi connectivity index (χ0n) is 15.6. The molecule has 2 aromatic rings. The van der Waals surface area contributed by atoms with Crippen LogP contribution in [-0.2, 0) is 29.7 Å². The number of ether oxygens (including phenoxy) is 1. The Kier molecular flexibility index (Phi) is 4.53. The summed E-state index contributed by atoms with van der Waals surface area (Å²) in [7, 11) is -1.84. The van der Waals surface area contributed by atoms with Crippen LogP contribution >= 0.6 is 0 Å². The molecule has 7 nitrogen and oxygen atoms in total. The Hall–Kier alpha value is -2.22. The summed E-state index contributed by atoms with van der Waals surface area (Å²) in [5.74, 6) is 1.02. The molecule has 1 fully saturated rings. The van der Waals surface area contributed by atoms with Crippen molar-refractivity contribution in [2.45, 2.75) is 43.7 Å². The highest BCUT2D eigenvalue weighted by atomic mass is 32.2. The van der Waals surface area contributed by atoms with Gasteiger partial charge in [0.1, 0.15) is 5.69 Å². The summed E-state index contributed by atoms with van der Waals surface area (Å²) >= 11 is 0. The van der Waals surface area contributed by atoms with Gasteiger partial charge in [0.05, 0.1) is 12.8 Å². The smallest absolute Gasteiger partial charge is 0.253 e. The van der Waals surface area contributed by atoms with E-state index >= 15 is 0 Å². The lowest BCUT2D eigenvalue weighted by atomic mass is 9.88. The molecule has 0 amide bonds. The number of nitrogens with zero attached hydrogens (tertiary/aromatic N) is 3. The minimum absolute atomic E-state index is 0.00583. The summed E-state index contributed by atoms with van der Waals surface area (Å²) in [5.41, 5.74) is 2.99. The standard InChI is InChI=1S/C19H23N3O4S/c1-22-10-15(13-5-3-4-6-14(13)18(22)23)17-16(26-11-12-7-8-12)9-20-19(21-17)27(2,24)25/h9-10,12H,3-8,11H2,1-2H3. The van der Waals surface area contributed by atoms with Crippen molar-refractivity contribution < 1.29 is 13.2 Å². The zero-order chi connectivity index (χ0) is 19.2. The number of rotatable bonds is 5. The number of aryl methyl sites for hydroxylation is 1. The third kappa shape index (κ3) is 3.63. The van der Waals surface area contributed by atoms with E-state index in [2.05, 4.69) is 9.97 Å². The quantitative estimate of drug-likeness (QED) is 0.726. The molecule has 0 bridgehead atoms. The molecule has 0 aliphatic heterocycles. The summed E-state index contributed by atoms with van der Waals surface area (Å²) in [6.45, 7) is 0.572. The molecule has 2 aliphatic carbocycles. The SMILES string of the molecule is Cn1cc(-c2nc(S(C)(=O)=O)ncc2OCC2CC2)c2c(c1=O)CCCC2. The molecule has 2 aliphatic rings. The maximum Gasteiger partial charge on any atom is 0.253 e. The summed E-state index contributed by atoms with van der Waals surface area (Å²) in [4.78, 5) is 20.9. The van der Waals surface area contributed by atoms with Crippen LogP contribution in [0.15, 0.2) is 22.3 Å². The minimum Gasteiger partial charge on any atom is -0.489 e. The lowest BCUT2D eigenvalue weighted by Crippen LogP contribution is -2.26. The highest BCUT2D eigenvalue weighted by Gasteiger charge is 2.26. The third-order valence-electron chi connectivity index (χ3n) is 5.19. The topological polar surface area (TPSA) is 91.2 Å². The van der Waals surface area contributed by atoms with Crippen molar-refractivity contribution in [2.24, 2.45) is 13.0 Å². The highest BCUT2D eigenvalue weighted by Crippen LogP contribution is 2.36. The van der Waals surface area contributed by atoms with Crippen LogP contribution in [-0.4, -0.2) is 35.8 Å². The second kappa shape index (κ2) is 6.74.